The van der Waals surface area contributed by atoms with Crippen LogP contribution in [-0.4, -0.2) is 41.2 Å². The minimum atomic E-state index is 0.432. The zero-order valence-corrected chi connectivity index (χ0v) is 12.3. The first kappa shape index (κ1) is 14.8. The van der Waals surface area contributed by atoms with Crippen LogP contribution in [0.2, 0.25) is 5.15 Å². The minimum absolute atomic E-state index is 0.432. The standard InChI is InChI=1S/C14H19ClN4O/c1-2-19-7-4-3-5-12(19)10-20-8-6-16-14-9-13(15)17-11-18-14/h4-5,7,9,11H,2-3,6,8,10H2,1H3,(H,16,17,18). The van der Waals surface area contributed by atoms with Gasteiger partial charge in [-0.1, -0.05) is 23.8 Å². The Hall–Kier alpha value is -1.59. The van der Waals surface area contributed by atoms with Gasteiger partial charge in [-0.3, -0.25) is 0 Å². The number of halogens is 1. The fourth-order valence-corrected chi connectivity index (χ4v) is 2.06. The molecule has 0 saturated heterocycles. The summed E-state index contributed by atoms with van der Waals surface area (Å²) in [5.41, 5.74) is 1.22. The topological polar surface area (TPSA) is 50.3 Å². The molecule has 0 amide bonds. The van der Waals surface area contributed by atoms with Crippen LogP contribution in [-0.2, 0) is 4.74 Å². The zero-order valence-electron chi connectivity index (χ0n) is 11.6. The highest BCUT2D eigenvalue weighted by Gasteiger charge is 2.07. The fraction of sp³-hybridized carbons (Fsp3) is 0.429. The maximum atomic E-state index is 5.78. The highest BCUT2D eigenvalue weighted by Crippen LogP contribution is 2.12. The SMILES string of the molecule is CCN1C=CCC=C1COCCNc1cc(Cl)ncn1. The summed E-state index contributed by atoms with van der Waals surface area (Å²) < 4.78 is 5.67. The van der Waals surface area contributed by atoms with Crippen LogP contribution in [0.5, 0.6) is 0 Å². The van der Waals surface area contributed by atoms with Crippen molar-refractivity contribution in [2.45, 2.75) is 13.3 Å². The van der Waals surface area contributed by atoms with E-state index in [1.54, 1.807) is 6.07 Å². The maximum absolute atomic E-state index is 5.78. The quantitative estimate of drug-likeness (QED) is 0.619. The van der Waals surface area contributed by atoms with Crippen LogP contribution in [0.3, 0.4) is 0 Å². The molecule has 1 aromatic rings. The third kappa shape index (κ3) is 4.51. The van der Waals surface area contributed by atoms with Crippen molar-refractivity contribution in [1.29, 1.82) is 0 Å². The number of likely N-dealkylation sites (N-methyl/N-ethyl adjacent to an activating group) is 1. The number of ether oxygens (including phenoxy) is 1. The average Bonchev–Trinajstić information content (AvgIpc) is 2.47. The maximum Gasteiger partial charge on any atom is 0.134 e. The second-order valence-corrected chi connectivity index (χ2v) is 4.69. The molecule has 2 heterocycles. The van der Waals surface area contributed by atoms with E-state index in [2.05, 4.69) is 45.5 Å². The summed E-state index contributed by atoms with van der Waals surface area (Å²) in [7, 11) is 0. The molecule has 108 valence electrons. The molecule has 5 nitrogen and oxygen atoms in total. The first-order chi connectivity index (χ1) is 9.79. The van der Waals surface area contributed by atoms with Crippen LogP contribution in [0.25, 0.3) is 0 Å². The summed E-state index contributed by atoms with van der Waals surface area (Å²) in [6.45, 7) is 5.01. The van der Waals surface area contributed by atoms with Crippen molar-refractivity contribution in [2.24, 2.45) is 0 Å². The smallest absolute Gasteiger partial charge is 0.134 e. The molecule has 0 spiro atoms. The van der Waals surface area contributed by atoms with Gasteiger partial charge in [0.05, 0.1) is 13.2 Å². The van der Waals surface area contributed by atoms with Crippen LogP contribution in [0, 0.1) is 0 Å². The molecule has 0 bridgehead atoms. The third-order valence-corrected chi connectivity index (χ3v) is 3.13. The van der Waals surface area contributed by atoms with E-state index in [1.165, 1.54) is 12.0 Å². The lowest BCUT2D eigenvalue weighted by molar-refractivity contribution is 0.150. The first-order valence-electron chi connectivity index (χ1n) is 6.71. The summed E-state index contributed by atoms with van der Waals surface area (Å²) in [5.74, 6) is 0.712. The monoisotopic (exact) mass is 294 g/mol. The summed E-state index contributed by atoms with van der Waals surface area (Å²) in [6, 6.07) is 1.69. The van der Waals surface area contributed by atoms with Gasteiger partial charge in [-0.25, -0.2) is 9.97 Å². The summed E-state index contributed by atoms with van der Waals surface area (Å²) >= 11 is 5.78. The van der Waals surface area contributed by atoms with Gasteiger partial charge in [0.25, 0.3) is 0 Å². The number of rotatable bonds is 7. The van der Waals surface area contributed by atoms with Crippen molar-refractivity contribution in [3.8, 4) is 0 Å². The van der Waals surface area contributed by atoms with E-state index in [-0.39, 0.29) is 0 Å². The predicted molar refractivity (Wildman–Crippen MR) is 80.6 cm³/mol. The largest absolute Gasteiger partial charge is 0.373 e. The van der Waals surface area contributed by atoms with Crippen LogP contribution >= 0.6 is 11.6 Å². The highest BCUT2D eigenvalue weighted by molar-refractivity contribution is 6.29. The highest BCUT2D eigenvalue weighted by atomic mass is 35.5. The van der Waals surface area contributed by atoms with E-state index in [0.717, 1.165) is 13.0 Å². The second kappa shape index (κ2) is 7.87. The van der Waals surface area contributed by atoms with Crippen molar-refractivity contribution < 1.29 is 4.74 Å². The predicted octanol–water partition coefficient (Wildman–Crippen LogP) is 2.68. The number of aromatic nitrogens is 2. The van der Waals surface area contributed by atoms with E-state index in [4.69, 9.17) is 16.3 Å². The molecule has 1 aliphatic heterocycles. The summed E-state index contributed by atoms with van der Waals surface area (Å²) in [4.78, 5) is 10.1. The fourth-order valence-electron chi connectivity index (χ4n) is 1.91. The van der Waals surface area contributed by atoms with Gasteiger partial charge in [-0.2, -0.15) is 0 Å². The Kier molecular flexibility index (Phi) is 5.83. The number of nitrogens with zero attached hydrogens (tertiary/aromatic N) is 3. The van der Waals surface area contributed by atoms with Crippen molar-refractivity contribution in [3.05, 3.63) is 41.6 Å². The van der Waals surface area contributed by atoms with Crippen LogP contribution in [0.1, 0.15) is 13.3 Å². The first-order valence-corrected chi connectivity index (χ1v) is 7.09. The second-order valence-electron chi connectivity index (χ2n) is 4.31. The third-order valence-electron chi connectivity index (χ3n) is 2.92. The molecule has 0 fully saturated rings. The molecule has 0 radical (unpaired) electrons. The van der Waals surface area contributed by atoms with Crippen LogP contribution in [0.4, 0.5) is 5.82 Å². The molecule has 0 saturated carbocycles. The molecule has 0 atom stereocenters. The van der Waals surface area contributed by atoms with Gasteiger partial charge in [0.15, 0.2) is 0 Å². The molecule has 1 aromatic heterocycles. The molecule has 2 rings (SSSR count). The van der Waals surface area contributed by atoms with Gasteiger partial charge < -0.3 is 15.0 Å². The van der Waals surface area contributed by atoms with Crippen molar-refractivity contribution in [1.82, 2.24) is 14.9 Å². The van der Waals surface area contributed by atoms with Gasteiger partial charge in [0.1, 0.15) is 17.3 Å². The molecular weight excluding hydrogens is 276 g/mol. The molecule has 20 heavy (non-hydrogen) atoms. The van der Waals surface area contributed by atoms with Crippen molar-refractivity contribution in [2.75, 3.05) is 31.6 Å². The Morgan fingerprint density at radius 3 is 3.15 bits per heavy atom. The molecule has 0 aliphatic carbocycles. The van der Waals surface area contributed by atoms with Gasteiger partial charge in [-0.05, 0) is 13.3 Å². The molecule has 1 N–H and O–H groups in total. The normalized spacial score (nSPS) is 14.3. The average molecular weight is 295 g/mol. The number of hydrogen-bond acceptors (Lipinski definition) is 5. The summed E-state index contributed by atoms with van der Waals surface area (Å²) in [5, 5.41) is 3.57. The number of hydrogen-bond donors (Lipinski definition) is 1. The Labute approximate surface area is 124 Å². The van der Waals surface area contributed by atoms with E-state index in [1.807, 2.05) is 0 Å². The molecule has 1 aliphatic rings. The van der Waals surface area contributed by atoms with E-state index >= 15 is 0 Å². The number of anilines is 1. The van der Waals surface area contributed by atoms with Crippen LogP contribution < -0.4 is 5.32 Å². The van der Waals surface area contributed by atoms with Crippen LogP contribution in [0.15, 0.2) is 36.4 Å². The Bertz CT molecular complexity index is 490. The van der Waals surface area contributed by atoms with Gasteiger partial charge in [0, 0.05) is 31.1 Å². The van der Waals surface area contributed by atoms with Crippen molar-refractivity contribution >= 4 is 17.4 Å². The summed E-state index contributed by atoms with van der Waals surface area (Å²) in [6.07, 6.45) is 8.87. The molecule has 0 unspecified atom stereocenters. The number of nitrogens with one attached hydrogen (secondary N) is 1. The Morgan fingerprint density at radius 1 is 1.45 bits per heavy atom. The van der Waals surface area contributed by atoms with E-state index in [9.17, 15) is 0 Å². The van der Waals surface area contributed by atoms with Gasteiger partial charge in [-0.15, -0.1) is 0 Å². The number of allylic oxidation sites excluding steroid dienone is 2. The molecular formula is C14H19ClN4O. The Morgan fingerprint density at radius 2 is 2.35 bits per heavy atom. The Balaban J connectivity index is 1.65. The lowest BCUT2D eigenvalue weighted by Gasteiger charge is -2.24. The minimum Gasteiger partial charge on any atom is -0.373 e. The lowest BCUT2D eigenvalue weighted by Crippen LogP contribution is -2.22. The lowest BCUT2D eigenvalue weighted by atomic mass is 10.2. The van der Waals surface area contributed by atoms with E-state index < -0.39 is 0 Å². The zero-order chi connectivity index (χ0) is 14.2. The van der Waals surface area contributed by atoms with Crippen molar-refractivity contribution in [3.63, 3.8) is 0 Å². The van der Waals surface area contributed by atoms with E-state index in [0.29, 0.717) is 30.7 Å². The van der Waals surface area contributed by atoms with Gasteiger partial charge >= 0.3 is 0 Å². The molecule has 6 heteroatoms. The molecule has 0 aromatic carbocycles. The van der Waals surface area contributed by atoms with Gasteiger partial charge in [0.2, 0.25) is 0 Å².